The van der Waals surface area contributed by atoms with Crippen molar-refractivity contribution in [2.75, 3.05) is 18.8 Å². The minimum absolute atomic E-state index is 0.00377. The van der Waals surface area contributed by atoms with Crippen LogP contribution in [-0.2, 0) is 15.8 Å². The topological polar surface area (TPSA) is 61.2 Å². The standard InChI is InChI=1S/C15H20N2O2S2/c1-15(2)7-8-17(9-10-20-15)21(18,19)12-14-5-3-13(11-16)4-6-14/h3-6H,7-10,12H2,1-2H3. The van der Waals surface area contributed by atoms with Crippen LogP contribution in [0.5, 0.6) is 0 Å². The minimum atomic E-state index is -3.29. The van der Waals surface area contributed by atoms with E-state index in [2.05, 4.69) is 13.8 Å². The molecule has 21 heavy (non-hydrogen) atoms. The van der Waals surface area contributed by atoms with Gasteiger partial charge in [0.15, 0.2) is 0 Å². The molecular weight excluding hydrogens is 304 g/mol. The molecule has 1 heterocycles. The SMILES string of the molecule is CC1(C)CCN(S(=O)(=O)Cc2ccc(C#N)cc2)CCS1. The van der Waals surface area contributed by atoms with E-state index in [1.54, 1.807) is 28.6 Å². The summed E-state index contributed by atoms with van der Waals surface area (Å²) in [6, 6.07) is 8.78. The first-order valence-corrected chi connectivity index (χ1v) is 9.53. The molecule has 0 saturated carbocycles. The molecule has 6 heteroatoms. The number of rotatable bonds is 3. The number of sulfonamides is 1. The van der Waals surface area contributed by atoms with E-state index in [1.165, 1.54) is 0 Å². The van der Waals surface area contributed by atoms with E-state index in [9.17, 15) is 8.42 Å². The average Bonchev–Trinajstić information content (AvgIpc) is 2.60. The molecule has 0 unspecified atom stereocenters. The number of nitrogens with zero attached hydrogens (tertiary/aromatic N) is 2. The van der Waals surface area contributed by atoms with Gasteiger partial charge in [-0.1, -0.05) is 26.0 Å². The van der Waals surface area contributed by atoms with Gasteiger partial charge < -0.3 is 0 Å². The summed E-state index contributed by atoms with van der Waals surface area (Å²) in [5.74, 6) is 0.837. The molecule has 0 atom stereocenters. The zero-order valence-electron chi connectivity index (χ0n) is 12.4. The first-order valence-electron chi connectivity index (χ1n) is 6.93. The lowest BCUT2D eigenvalue weighted by Gasteiger charge is -2.22. The van der Waals surface area contributed by atoms with Gasteiger partial charge in [0, 0.05) is 23.6 Å². The highest BCUT2D eigenvalue weighted by atomic mass is 32.2. The summed E-state index contributed by atoms with van der Waals surface area (Å²) >= 11 is 1.83. The van der Waals surface area contributed by atoms with Crippen molar-refractivity contribution in [3.63, 3.8) is 0 Å². The van der Waals surface area contributed by atoms with Crippen LogP contribution in [0.1, 0.15) is 31.4 Å². The van der Waals surface area contributed by atoms with Crippen LogP contribution in [0.2, 0.25) is 0 Å². The van der Waals surface area contributed by atoms with Crippen LogP contribution in [0.15, 0.2) is 24.3 Å². The van der Waals surface area contributed by atoms with Crippen molar-refractivity contribution in [1.82, 2.24) is 4.31 Å². The third-order valence-corrected chi connectivity index (χ3v) is 6.84. The summed E-state index contributed by atoms with van der Waals surface area (Å²) in [6.45, 7) is 5.48. The van der Waals surface area contributed by atoms with Gasteiger partial charge in [0.1, 0.15) is 0 Å². The predicted octanol–water partition coefficient (Wildman–Crippen LogP) is 2.61. The van der Waals surface area contributed by atoms with Crippen molar-refractivity contribution in [1.29, 1.82) is 5.26 Å². The van der Waals surface area contributed by atoms with Crippen molar-refractivity contribution in [3.05, 3.63) is 35.4 Å². The largest absolute Gasteiger partial charge is 0.218 e. The highest BCUT2D eigenvalue weighted by molar-refractivity contribution is 8.00. The molecule has 1 aromatic carbocycles. The highest BCUT2D eigenvalue weighted by Crippen LogP contribution is 2.31. The van der Waals surface area contributed by atoms with Gasteiger partial charge in [-0.2, -0.15) is 17.0 Å². The van der Waals surface area contributed by atoms with Crippen LogP contribution in [0.25, 0.3) is 0 Å². The molecule has 0 amide bonds. The number of hydrogen-bond donors (Lipinski definition) is 0. The van der Waals surface area contributed by atoms with E-state index >= 15 is 0 Å². The quantitative estimate of drug-likeness (QED) is 0.857. The summed E-state index contributed by atoms with van der Waals surface area (Å²) in [5, 5.41) is 8.77. The van der Waals surface area contributed by atoms with Crippen molar-refractivity contribution in [2.24, 2.45) is 0 Å². The Labute approximate surface area is 131 Å². The monoisotopic (exact) mass is 324 g/mol. The van der Waals surface area contributed by atoms with E-state index < -0.39 is 10.0 Å². The minimum Gasteiger partial charge on any atom is -0.212 e. The fourth-order valence-corrected chi connectivity index (χ4v) is 5.01. The Bertz CT molecular complexity index is 631. The Morgan fingerprint density at radius 1 is 1.29 bits per heavy atom. The third kappa shape index (κ3) is 4.47. The first kappa shape index (κ1) is 16.3. The normalized spacial score (nSPS) is 19.7. The lowest BCUT2D eigenvalue weighted by Crippen LogP contribution is -2.34. The molecule has 4 nitrogen and oxygen atoms in total. The Morgan fingerprint density at radius 2 is 1.95 bits per heavy atom. The van der Waals surface area contributed by atoms with Gasteiger partial charge in [-0.3, -0.25) is 0 Å². The third-order valence-electron chi connectivity index (χ3n) is 3.62. The molecule has 0 spiro atoms. The number of benzene rings is 1. The molecule has 0 N–H and O–H groups in total. The summed E-state index contributed by atoms with van der Waals surface area (Å²) in [4.78, 5) is 0. The molecule has 0 aliphatic carbocycles. The van der Waals surface area contributed by atoms with Gasteiger partial charge in [0.05, 0.1) is 17.4 Å². The van der Waals surface area contributed by atoms with Gasteiger partial charge in [0.2, 0.25) is 10.0 Å². The molecule has 1 aromatic rings. The lowest BCUT2D eigenvalue weighted by molar-refractivity contribution is 0.415. The molecule has 1 fully saturated rings. The molecule has 0 aromatic heterocycles. The second-order valence-corrected chi connectivity index (χ2v) is 9.59. The van der Waals surface area contributed by atoms with E-state index in [4.69, 9.17) is 5.26 Å². The Balaban J connectivity index is 2.09. The van der Waals surface area contributed by atoms with Gasteiger partial charge in [-0.25, -0.2) is 12.7 Å². The Hall–Kier alpha value is -1.03. The number of thioether (sulfide) groups is 1. The number of hydrogen-bond acceptors (Lipinski definition) is 4. The maximum absolute atomic E-state index is 12.5. The maximum atomic E-state index is 12.5. The van der Waals surface area contributed by atoms with Crippen molar-refractivity contribution in [2.45, 2.75) is 30.8 Å². The molecule has 1 aliphatic heterocycles. The van der Waals surface area contributed by atoms with Gasteiger partial charge in [-0.15, -0.1) is 0 Å². The van der Waals surface area contributed by atoms with Crippen LogP contribution >= 0.6 is 11.8 Å². The van der Waals surface area contributed by atoms with E-state index in [0.717, 1.165) is 17.7 Å². The second kappa shape index (κ2) is 6.39. The molecule has 1 aliphatic rings. The maximum Gasteiger partial charge on any atom is 0.218 e. The zero-order valence-corrected chi connectivity index (χ0v) is 14.0. The summed E-state index contributed by atoms with van der Waals surface area (Å²) in [6.07, 6.45) is 0.865. The van der Waals surface area contributed by atoms with Crippen LogP contribution in [0.3, 0.4) is 0 Å². The first-order chi connectivity index (χ1) is 9.82. The van der Waals surface area contributed by atoms with Crippen molar-refractivity contribution >= 4 is 21.8 Å². The number of nitriles is 1. The van der Waals surface area contributed by atoms with Crippen LogP contribution in [0, 0.1) is 11.3 Å². The smallest absolute Gasteiger partial charge is 0.212 e. The molecule has 114 valence electrons. The molecule has 0 bridgehead atoms. The Morgan fingerprint density at radius 3 is 2.57 bits per heavy atom. The summed E-state index contributed by atoms with van der Waals surface area (Å²) < 4.78 is 26.8. The van der Waals surface area contributed by atoms with E-state index in [-0.39, 0.29) is 10.5 Å². The fourth-order valence-electron chi connectivity index (χ4n) is 2.26. The molecule has 2 rings (SSSR count). The van der Waals surface area contributed by atoms with Crippen molar-refractivity contribution in [3.8, 4) is 6.07 Å². The van der Waals surface area contributed by atoms with Crippen LogP contribution in [-0.4, -0.2) is 36.3 Å². The zero-order chi connectivity index (χ0) is 15.5. The van der Waals surface area contributed by atoms with Crippen molar-refractivity contribution < 1.29 is 8.42 Å². The van der Waals surface area contributed by atoms with Crippen LogP contribution in [0.4, 0.5) is 0 Å². The highest BCUT2D eigenvalue weighted by Gasteiger charge is 2.29. The molecular formula is C15H20N2O2S2. The lowest BCUT2D eigenvalue weighted by atomic mass is 10.1. The molecule has 1 saturated heterocycles. The summed E-state index contributed by atoms with van der Waals surface area (Å²) in [7, 11) is -3.29. The van der Waals surface area contributed by atoms with E-state index in [0.29, 0.717) is 18.7 Å². The average molecular weight is 324 g/mol. The second-order valence-electron chi connectivity index (χ2n) is 5.82. The summed E-state index contributed by atoms with van der Waals surface area (Å²) in [5.41, 5.74) is 1.27. The molecule has 0 radical (unpaired) electrons. The van der Waals surface area contributed by atoms with Crippen LogP contribution < -0.4 is 0 Å². The van der Waals surface area contributed by atoms with Gasteiger partial charge >= 0.3 is 0 Å². The Kier molecular flexibility index (Phi) is 4.97. The predicted molar refractivity (Wildman–Crippen MR) is 86.5 cm³/mol. The van der Waals surface area contributed by atoms with Gasteiger partial charge in [-0.05, 0) is 24.1 Å². The van der Waals surface area contributed by atoms with Gasteiger partial charge in [0.25, 0.3) is 0 Å². The fraction of sp³-hybridized carbons (Fsp3) is 0.533. The van der Waals surface area contributed by atoms with E-state index in [1.807, 2.05) is 17.8 Å².